The normalized spacial score (nSPS) is 17.6. The standard InChI is InChI=1S/C24H32N2O/c1-19-10-11-23(20(2)15-19)12-13-24(27)25-16-22-9-6-14-26(18-22)17-21-7-4-3-5-8-21/h3-5,7-8,10-11,15,22H,6,9,12-14,16-18H2,1-2H3,(H,25,27). The summed E-state index contributed by atoms with van der Waals surface area (Å²) in [5.74, 6) is 0.739. The van der Waals surface area contributed by atoms with Crippen molar-refractivity contribution in [3.8, 4) is 0 Å². The second-order valence-corrected chi connectivity index (χ2v) is 7.96. The van der Waals surface area contributed by atoms with E-state index in [0.717, 1.165) is 32.6 Å². The Labute approximate surface area is 163 Å². The topological polar surface area (TPSA) is 32.3 Å². The van der Waals surface area contributed by atoms with Gasteiger partial charge in [0.05, 0.1) is 0 Å². The number of likely N-dealkylation sites (tertiary alicyclic amines) is 1. The summed E-state index contributed by atoms with van der Waals surface area (Å²) in [5, 5.41) is 3.17. The van der Waals surface area contributed by atoms with E-state index in [9.17, 15) is 4.79 Å². The van der Waals surface area contributed by atoms with Gasteiger partial charge in [0.25, 0.3) is 0 Å². The van der Waals surface area contributed by atoms with Crippen molar-refractivity contribution in [1.82, 2.24) is 10.2 Å². The van der Waals surface area contributed by atoms with Crippen molar-refractivity contribution in [1.29, 1.82) is 0 Å². The first-order valence-corrected chi connectivity index (χ1v) is 10.2. The maximum absolute atomic E-state index is 12.3. The van der Waals surface area contributed by atoms with Crippen LogP contribution in [-0.4, -0.2) is 30.4 Å². The fourth-order valence-electron chi connectivity index (χ4n) is 4.02. The number of benzene rings is 2. The van der Waals surface area contributed by atoms with Gasteiger partial charge >= 0.3 is 0 Å². The van der Waals surface area contributed by atoms with Crippen LogP contribution < -0.4 is 5.32 Å². The molecule has 3 heteroatoms. The van der Waals surface area contributed by atoms with E-state index < -0.39 is 0 Å². The third-order valence-corrected chi connectivity index (χ3v) is 5.56. The SMILES string of the molecule is Cc1ccc(CCC(=O)NCC2CCCN(Cc3ccccc3)C2)c(C)c1. The average molecular weight is 365 g/mol. The van der Waals surface area contributed by atoms with E-state index in [-0.39, 0.29) is 5.91 Å². The number of carbonyl (C=O) groups excluding carboxylic acids is 1. The highest BCUT2D eigenvalue weighted by Gasteiger charge is 2.20. The van der Waals surface area contributed by atoms with E-state index in [4.69, 9.17) is 0 Å². The van der Waals surface area contributed by atoms with Gasteiger partial charge in [-0.1, -0.05) is 54.1 Å². The van der Waals surface area contributed by atoms with Crippen molar-refractivity contribution in [2.45, 2.75) is 46.1 Å². The molecule has 0 bridgehead atoms. The van der Waals surface area contributed by atoms with Crippen molar-refractivity contribution in [3.63, 3.8) is 0 Å². The highest BCUT2D eigenvalue weighted by molar-refractivity contribution is 5.76. The molecule has 1 aliphatic rings. The van der Waals surface area contributed by atoms with Crippen LogP contribution in [0.5, 0.6) is 0 Å². The zero-order valence-corrected chi connectivity index (χ0v) is 16.7. The van der Waals surface area contributed by atoms with Crippen LogP contribution in [0.1, 0.15) is 41.5 Å². The smallest absolute Gasteiger partial charge is 0.220 e. The van der Waals surface area contributed by atoms with Crippen molar-refractivity contribution in [2.24, 2.45) is 5.92 Å². The number of carbonyl (C=O) groups is 1. The summed E-state index contributed by atoms with van der Waals surface area (Å²) in [7, 11) is 0. The van der Waals surface area contributed by atoms with Crippen molar-refractivity contribution in [3.05, 3.63) is 70.8 Å². The van der Waals surface area contributed by atoms with E-state index in [1.807, 2.05) is 0 Å². The van der Waals surface area contributed by atoms with E-state index in [1.54, 1.807) is 0 Å². The van der Waals surface area contributed by atoms with Gasteiger partial charge in [0.1, 0.15) is 0 Å². The van der Waals surface area contributed by atoms with Gasteiger partial charge in [-0.05, 0) is 62.3 Å². The zero-order chi connectivity index (χ0) is 19.1. The quantitative estimate of drug-likeness (QED) is 0.796. The molecule has 1 heterocycles. The van der Waals surface area contributed by atoms with Gasteiger partial charge in [-0.3, -0.25) is 9.69 Å². The lowest BCUT2D eigenvalue weighted by Gasteiger charge is -2.32. The van der Waals surface area contributed by atoms with Crippen LogP contribution in [0.15, 0.2) is 48.5 Å². The van der Waals surface area contributed by atoms with Crippen LogP contribution in [0.3, 0.4) is 0 Å². The molecule has 1 N–H and O–H groups in total. The summed E-state index contributed by atoms with van der Waals surface area (Å²) in [6.45, 7) is 8.28. The van der Waals surface area contributed by atoms with Gasteiger partial charge in [-0.2, -0.15) is 0 Å². The molecule has 3 rings (SSSR count). The van der Waals surface area contributed by atoms with E-state index in [2.05, 4.69) is 72.6 Å². The summed E-state index contributed by atoms with van der Waals surface area (Å²) >= 11 is 0. The van der Waals surface area contributed by atoms with Crippen molar-refractivity contribution in [2.75, 3.05) is 19.6 Å². The highest BCUT2D eigenvalue weighted by Crippen LogP contribution is 2.18. The molecular formula is C24H32N2O. The molecule has 27 heavy (non-hydrogen) atoms. The average Bonchev–Trinajstić information content (AvgIpc) is 2.67. The van der Waals surface area contributed by atoms with Crippen LogP contribution in [0, 0.1) is 19.8 Å². The molecule has 1 saturated heterocycles. The number of aryl methyl sites for hydroxylation is 3. The number of nitrogens with zero attached hydrogens (tertiary/aromatic N) is 1. The van der Waals surface area contributed by atoms with Crippen molar-refractivity contribution < 1.29 is 4.79 Å². The molecule has 2 aromatic rings. The molecule has 1 aliphatic heterocycles. The van der Waals surface area contributed by atoms with Crippen LogP contribution in [0.25, 0.3) is 0 Å². The minimum Gasteiger partial charge on any atom is -0.356 e. The summed E-state index contributed by atoms with van der Waals surface area (Å²) < 4.78 is 0. The molecule has 1 atom stereocenters. The number of nitrogens with one attached hydrogen (secondary N) is 1. The molecular weight excluding hydrogens is 332 g/mol. The molecule has 3 nitrogen and oxygen atoms in total. The molecule has 1 amide bonds. The van der Waals surface area contributed by atoms with E-state index >= 15 is 0 Å². The Morgan fingerprint density at radius 1 is 1.15 bits per heavy atom. The molecule has 0 aliphatic carbocycles. The number of hydrogen-bond acceptors (Lipinski definition) is 2. The molecule has 144 valence electrons. The predicted molar refractivity (Wildman–Crippen MR) is 112 cm³/mol. The van der Waals surface area contributed by atoms with Crippen LogP contribution in [0.2, 0.25) is 0 Å². The summed E-state index contributed by atoms with van der Waals surface area (Å²) in [6.07, 6.45) is 3.83. The first-order chi connectivity index (χ1) is 13.1. The Morgan fingerprint density at radius 3 is 2.74 bits per heavy atom. The Hall–Kier alpha value is -2.13. The lowest BCUT2D eigenvalue weighted by molar-refractivity contribution is -0.121. The van der Waals surface area contributed by atoms with Gasteiger partial charge in [0.2, 0.25) is 5.91 Å². The first kappa shape index (κ1) is 19.6. The second kappa shape index (κ2) is 9.70. The van der Waals surface area contributed by atoms with Crippen LogP contribution in [0.4, 0.5) is 0 Å². The zero-order valence-electron chi connectivity index (χ0n) is 16.7. The number of hydrogen-bond donors (Lipinski definition) is 1. The predicted octanol–water partition coefficient (Wildman–Crippen LogP) is 4.26. The van der Waals surface area contributed by atoms with Gasteiger partial charge in [-0.15, -0.1) is 0 Å². The molecule has 2 aromatic carbocycles. The van der Waals surface area contributed by atoms with Crippen LogP contribution >= 0.6 is 0 Å². The Balaban J connectivity index is 1.40. The van der Waals surface area contributed by atoms with E-state index in [1.165, 1.54) is 35.1 Å². The minimum absolute atomic E-state index is 0.176. The fraction of sp³-hybridized carbons (Fsp3) is 0.458. The van der Waals surface area contributed by atoms with Crippen LogP contribution in [-0.2, 0) is 17.8 Å². The molecule has 1 unspecified atom stereocenters. The maximum atomic E-state index is 12.3. The third kappa shape index (κ3) is 6.21. The summed E-state index contributed by atoms with van der Waals surface area (Å²) in [6, 6.07) is 17.1. The van der Waals surface area contributed by atoms with Gasteiger partial charge < -0.3 is 5.32 Å². The maximum Gasteiger partial charge on any atom is 0.220 e. The van der Waals surface area contributed by atoms with E-state index in [0.29, 0.717) is 12.3 Å². The Bertz CT molecular complexity index is 741. The molecule has 0 aromatic heterocycles. The largest absolute Gasteiger partial charge is 0.356 e. The fourth-order valence-corrected chi connectivity index (χ4v) is 4.02. The minimum atomic E-state index is 0.176. The number of amides is 1. The third-order valence-electron chi connectivity index (χ3n) is 5.56. The molecule has 0 saturated carbocycles. The molecule has 0 spiro atoms. The van der Waals surface area contributed by atoms with Gasteiger partial charge in [0, 0.05) is 26.1 Å². The Morgan fingerprint density at radius 2 is 1.96 bits per heavy atom. The van der Waals surface area contributed by atoms with Gasteiger partial charge in [0.15, 0.2) is 0 Å². The monoisotopic (exact) mass is 364 g/mol. The summed E-state index contributed by atoms with van der Waals surface area (Å²) in [5.41, 5.74) is 5.21. The van der Waals surface area contributed by atoms with Crippen molar-refractivity contribution >= 4 is 5.91 Å². The molecule has 1 fully saturated rings. The summed E-state index contributed by atoms with van der Waals surface area (Å²) in [4.78, 5) is 14.8. The number of rotatable bonds is 7. The lowest BCUT2D eigenvalue weighted by atomic mass is 9.97. The first-order valence-electron chi connectivity index (χ1n) is 10.2. The lowest BCUT2D eigenvalue weighted by Crippen LogP contribution is -2.40. The number of piperidine rings is 1. The molecule has 0 radical (unpaired) electrons. The second-order valence-electron chi connectivity index (χ2n) is 7.96. The Kier molecular flexibility index (Phi) is 7.05. The van der Waals surface area contributed by atoms with Gasteiger partial charge in [-0.25, -0.2) is 0 Å². The highest BCUT2D eigenvalue weighted by atomic mass is 16.1.